The number of aromatic nitrogens is 2. The van der Waals surface area contributed by atoms with Gasteiger partial charge in [0.1, 0.15) is 5.82 Å². The molecule has 0 unspecified atom stereocenters. The second-order valence-electron chi connectivity index (χ2n) is 3.90. The molecule has 0 aliphatic carbocycles. The maximum absolute atomic E-state index is 11.7. The minimum atomic E-state index is -0.116. The van der Waals surface area contributed by atoms with Crippen molar-refractivity contribution in [3.8, 4) is 0 Å². The van der Waals surface area contributed by atoms with E-state index in [4.69, 9.17) is 5.73 Å². The highest BCUT2D eigenvalue weighted by Crippen LogP contribution is 2.04. The van der Waals surface area contributed by atoms with Gasteiger partial charge >= 0.3 is 0 Å². The van der Waals surface area contributed by atoms with Gasteiger partial charge < -0.3 is 16.4 Å². The zero-order valence-corrected chi connectivity index (χ0v) is 10.3. The van der Waals surface area contributed by atoms with Crippen LogP contribution in [0.15, 0.2) is 42.9 Å². The van der Waals surface area contributed by atoms with Crippen molar-refractivity contribution in [2.75, 3.05) is 24.1 Å². The molecule has 2 heterocycles. The summed E-state index contributed by atoms with van der Waals surface area (Å²) in [6.07, 6.45) is 4.76. The number of carbonyl (C=O) groups is 1. The van der Waals surface area contributed by atoms with Gasteiger partial charge in [-0.1, -0.05) is 0 Å². The fourth-order valence-electron chi connectivity index (χ4n) is 1.48. The van der Waals surface area contributed by atoms with Gasteiger partial charge in [-0.05, 0) is 24.3 Å². The minimum absolute atomic E-state index is 0.116. The summed E-state index contributed by atoms with van der Waals surface area (Å²) in [5.41, 5.74) is 6.75. The third kappa shape index (κ3) is 3.95. The number of carbonyl (C=O) groups excluding carboxylic acids is 1. The normalized spacial score (nSPS) is 9.89. The summed E-state index contributed by atoms with van der Waals surface area (Å²) >= 11 is 0. The van der Waals surface area contributed by atoms with Gasteiger partial charge in [0.05, 0.1) is 11.9 Å². The van der Waals surface area contributed by atoms with Crippen LogP contribution in [0.3, 0.4) is 0 Å². The van der Waals surface area contributed by atoms with E-state index in [1.165, 1.54) is 0 Å². The monoisotopic (exact) mass is 257 g/mol. The molecule has 6 heteroatoms. The number of nitrogens with two attached hydrogens (primary N) is 1. The lowest BCUT2D eigenvalue weighted by atomic mass is 10.2. The molecule has 0 spiro atoms. The second-order valence-corrected chi connectivity index (χ2v) is 3.90. The van der Waals surface area contributed by atoms with E-state index in [1.54, 1.807) is 42.9 Å². The number of nitrogens with zero attached hydrogens (tertiary/aromatic N) is 2. The molecule has 4 N–H and O–H groups in total. The van der Waals surface area contributed by atoms with Crippen LogP contribution in [0.2, 0.25) is 0 Å². The average molecular weight is 257 g/mol. The third-order valence-corrected chi connectivity index (χ3v) is 2.45. The topological polar surface area (TPSA) is 92.9 Å². The smallest absolute Gasteiger partial charge is 0.251 e. The summed E-state index contributed by atoms with van der Waals surface area (Å²) in [6, 6.07) is 6.90. The van der Waals surface area contributed by atoms with Gasteiger partial charge in [0.2, 0.25) is 0 Å². The number of amides is 1. The summed E-state index contributed by atoms with van der Waals surface area (Å²) < 4.78 is 0. The predicted molar refractivity (Wildman–Crippen MR) is 73.7 cm³/mol. The van der Waals surface area contributed by atoms with Crippen molar-refractivity contribution >= 4 is 17.4 Å². The molecule has 0 fully saturated rings. The van der Waals surface area contributed by atoms with E-state index in [1.807, 2.05) is 0 Å². The van der Waals surface area contributed by atoms with Crippen LogP contribution in [-0.4, -0.2) is 29.0 Å². The molecule has 2 aromatic rings. The number of hydrogen-bond donors (Lipinski definition) is 3. The Bertz CT molecular complexity index is 526. The number of nitrogen functional groups attached to an aromatic ring is 1. The second kappa shape index (κ2) is 6.34. The van der Waals surface area contributed by atoms with Crippen molar-refractivity contribution in [2.24, 2.45) is 0 Å². The van der Waals surface area contributed by atoms with Gasteiger partial charge in [-0.3, -0.25) is 9.78 Å². The first-order valence-corrected chi connectivity index (χ1v) is 5.89. The Hall–Kier alpha value is -2.63. The van der Waals surface area contributed by atoms with E-state index in [-0.39, 0.29) is 5.91 Å². The highest BCUT2D eigenvalue weighted by atomic mass is 16.1. The van der Waals surface area contributed by atoms with Gasteiger partial charge in [0.15, 0.2) is 0 Å². The lowest BCUT2D eigenvalue weighted by Crippen LogP contribution is -2.28. The Kier molecular flexibility index (Phi) is 4.28. The first kappa shape index (κ1) is 12.8. The summed E-state index contributed by atoms with van der Waals surface area (Å²) in [7, 11) is 0. The molecule has 0 saturated carbocycles. The molecule has 0 aromatic carbocycles. The Morgan fingerprint density at radius 2 is 1.95 bits per heavy atom. The number of pyridine rings is 2. The molecule has 2 rings (SSSR count). The number of nitrogens with one attached hydrogen (secondary N) is 2. The van der Waals surface area contributed by atoms with Crippen molar-refractivity contribution < 1.29 is 4.79 Å². The van der Waals surface area contributed by atoms with Crippen LogP contribution in [0.4, 0.5) is 11.5 Å². The number of hydrogen-bond acceptors (Lipinski definition) is 5. The third-order valence-electron chi connectivity index (χ3n) is 2.45. The summed E-state index contributed by atoms with van der Waals surface area (Å²) in [4.78, 5) is 19.7. The number of rotatable bonds is 5. The summed E-state index contributed by atoms with van der Waals surface area (Å²) in [6.45, 7) is 1.10. The van der Waals surface area contributed by atoms with Crippen molar-refractivity contribution in [1.29, 1.82) is 0 Å². The highest BCUT2D eigenvalue weighted by Gasteiger charge is 2.02. The van der Waals surface area contributed by atoms with E-state index in [2.05, 4.69) is 20.6 Å². The quantitative estimate of drug-likeness (QED) is 0.692. The molecule has 98 valence electrons. The average Bonchev–Trinajstić information content (AvgIpc) is 2.46. The zero-order valence-electron chi connectivity index (χ0n) is 10.3. The molecule has 0 aliphatic heterocycles. The van der Waals surface area contributed by atoms with Crippen LogP contribution in [-0.2, 0) is 0 Å². The van der Waals surface area contributed by atoms with Crippen LogP contribution >= 0.6 is 0 Å². The maximum Gasteiger partial charge on any atom is 0.251 e. The van der Waals surface area contributed by atoms with Crippen LogP contribution in [0, 0.1) is 0 Å². The van der Waals surface area contributed by atoms with E-state index >= 15 is 0 Å². The lowest BCUT2D eigenvalue weighted by molar-refractivity contribution is 0.0955. The molecule has 19 heavy (non-hydrogen) atoms. The van der Waals surface area contributed by atoms with Crippen LogP contribution < -0.4 is 16.4 Å². The maximum atomic E-state index is 11.7. The largest absolute Gasteiger partial charge is 0.397 e. The minimum Gasteiger partial charge on any atom is -0.397 e. The molecular weight excluding hydrogens is 242 g/mol. The Morgan fingerprint density at radius 3 is 2.63 bits per heavy atom. The Labute approximate surface area is 111 Å². The molecule has 0 saturated heterocycles. The number of anilines is 2. The molecular formula is C13H15N5O. The molecule has 0 radical (unpaired) electrons. The van der Waals surface area contributed by atoms with Gasteiger partial charge in [-0.15, -0.1) is 0 Å². The lowest BCUT2D eigenvalue weighted by Gasteiger charge is -2.07. The van der Waals surface area contributed by atoms with E-state index in [0.29, 0.717) is 24.3 Å². The SMILES string of the molecule is Nc1ccc(NCCNC(=O)c2ccncc2)nc1. The molecule has 0 bridgehead atoms. The van der Waals surface area contributed by atoms with Crippen LogP contribution in [0.1, 0.15) is 10.4 Å². The van der Waals surface area contributed by atoms with Crippen molar-refractivity contribution in [2.45, 2.75) is 0 Å². The fourth-order valence-corrected chi connectivity index (χ4v) is 1.48. The van der Waals surface area contributed by atoms with Crippen molar-refractivity contribution in [3.63, 3.8) is 0 Å². The first-order valence-electron chi connectivity index (χ1n) is 5.89. The van der Waals surface area contributed by atoms with Gasteiger partial charge in [0.25, 0.3) is 5.91 Å². The fraction of sp³-hybridized carbons (Fsp3) is 0.154. The van der Waals surface area contributed by atoms with Gasteiger partial charge in [-0.25, -0.2) is 4.98 Å². The van der Waals surface area contributed by atoms with E-state index in [9.17, 15) is 4.79 Å². The molecule has 0 aliphatic rings. The van der Waals surface area contributed by atoms with E-state index < -0.39 is 0 Å². The summed E-state index contributed by atoms with van der Waals surface area (Å²) in [5.74, 6) is 0.613. The first-order chi connectivity index (χ1) is 9.25. The standard InChI is InChI=1S/C13H15N5O/c14-11-1-2-12(18-9-11)16-7-8-17-13(19)10-3-5-15-6-4-10/h1-6,9H,7-8,14H2,(H,16,18)(H,17,19). The van der Waals surface area contributed by atoms with Crippen LogP contribution in [0.25, 0.3) is 0 Å². The van der Waals surface area contributed by atoms with Crippen molar-refractivity contribution in [1.82, 2.24) is 15.3 Å². The molecule has 0 atom stereocenters. The van der Waals surface area contributed by atoms with Gasteiger partial charge in [0, 0.05) is 31.0 Å². The molecule has 2 aromatic heterocycles. The van der Waals surface area contributed by atoms with E-state index in [0.717, 1.165) is 5.82 Å². The Balaban J connectivity index is 1.72. The predicted octanol–water partition coefficient (Wildman–Crippen LogP) is 0.901. The molecule has 6 nitrogen and oxygen atoms in total. The Morgan fingerprint density at radius 1 is 1.16 bits per heavy atom. The van der Waals surface area contributed by atoms with Gasteiger partial charge in [-0.2, -0.15) is 0 Å². The molecule has 1 amide bonds. The van der Waals surface area contributed by atoms with Crippen LogP contribution in [0.5, 0.6) is 0 Å². The highest BCUT2D eigenvalue weighted by molar-refractivity contribution is 5.93. The zero-order chi connectivity index (χ0) is 13.5. The summed E-state index contributed by atoms with van der Waals surface area (Å²) in [5, 5.41) is 5.88. The van der Waals surface area contributed by atoms with Crippen molar-refractivity contribution in [3.05, 3.63) is 48.4 Å².